The normalized spacial score (nSPS) is 10.4. The number of hydrogen-bond acceptors (Lipinski definition) is 4. The Morgan fingerprint density at radius 2 is 1.91 bits per heavy atom. The number of carboxylic acids is 1. The number of aromatic nitrogens is 1. The maximum Gasteiger partial charge on any atom is 0.335 e. The average Bonchev–Trinajstić information content (AvgIpc) is 3.05. The van der Waals surface area contributed by atoms with Gasteiger partial charge in [-0.15, -0.1) is 0 Å². The molecular formula is C17H13NO4. The monoisotopic (exact) mass is 295 g/mol. The minimum absolute atomic E-state index is 0.196. The van der Waals surface area contributed by atoms with Gasteiger partial charge in [-0.25, -0.2) is 9.78 Å². The molecular weight excluding hydrogens is 282 g/mol. The fourth-order valence-corrected chi connectivity index (χ4v) is 2.08. The Balaban J connectivity index is 1.93. The molecule has 0 saturated heterocycles. The van der Waals surface area contributed by atoms with Gasteiger partial charge >= 0.3 is 5.97 Å². The molecule has 0 fully saturated rings. The van der Waals surface area contributed by atoms with Crippen LogP contribution in [-0.2, 0) is 0 Å². The molecule has 5 heteroatoms. The molecule has 3 rings (SSSR count). The van der Waals surface area contributed by atoms with Crippen LogP contribution in [0.4, 0.5) is 0 Å². The van der Waals surface area contributed by atoms with Gasteiger partial charge in [-0.1, -0.05) is 6.07 Å². The minimum atomic E-state index is -0.983. The van der Waals surface area contributed by atoms with Crippen LogP contribution in [0.3, 0.4) is 0 Å². The van der Waals surface area contributed by atoms with Crippen LogP contribution in [0.15, 0.2) is 59.1 Å². The zero-order chi connectivity index (χ0) is 15.5. The highest BCUT2D eigenvalue weighted by Gasteiger charge is 2.11. The molecule has 22 heavy (non-hydrogen) atoms. The first-order valence-corrected chi connectivity index (χ1v) is 6.61. The lowest BCUT2D eigenvalue weighted by Gasteiger charge is -2.00. The summed E-state index contributed by atoms with van der Waals surface area (Å²) in [6.07, 6.45) is 1.62. The summed E-state index contributed by atoms with van der Waals surface area (Å²) in [6, 6.07) is 13.9. The van der Waals surface area contributed by atoms with Gasteiger partial charge in [0.2, 0.25) is 5.89 Å². The van der Waals surface area contributed by atoms with Gasteiger partial charge in [0.05, 0.1) is 18.9 Å². The van der Waals surface area contributed by atoms with E-state index in [9.17, 15) is 4.79 Å². The molecule has 5 nitrogen and oxygen atoms in total. The van der Waals surface area contributed by atoms with E-state index in [1.54, 1.807) is 25.4 Å². The maximum atomic E-state index is 11.0. The summed E-state index contributed by atoms with van der Waals surface area (Å²) >= 11 is 0. The van der Waals surface area contributed by atoms with Gasteiger partial charge < -0.3 is 14.3 Å². The van der Waals surface area contributed by atoms with E-state index >= 15 is 0 Å². The van der Waals surface area contributed by atoms with Gasteiger partial charge in [-0.2, -0.15) is 0 Å². The van der Waals surface area contributed by atoms with E-state index in [1.807, 2.05) is 24.3 Å². The molecule has 0 atom stereocenters. The van der Waals surface area contributed by atoms with E-state index in [0.29, 0.717) is 17.2 Å². The summed E-state index contributed by atoms with van der Waals surface area (Å²) in [5.74, 6) is 0.772. The molecule has 1 aromatic heterocycles. The Labute approximate surface area is 126 Å². The molecule has 0 aliphatic heterocycles. The first-order valence-electron chi connectivity index (χ1n) is 6.61. The third-order valence-electron chi connectivity index (χ3n) is 3.24. The van der Waals surface area contributed by atoms with E-state index in [2.05, 4.69) is 4.98 Å². The maximum absolute atomic E-state index is 11.0. The smallest absolute Gasteiger partial charge is 0.335 e. The Kier molecular flexibility index (Phi) is 3.62. The predicted molar refractivity (Wildman–Crippen MR) is 80.9 cm³/mol. The number of aromatic carboxylic acids is 1. The molecule has 0 spiro atoms. The number of carbonyl (C=O) groups is 1. The number of carboxylic acid groups (broad SMARTS) is 1. The standard InChI is InChI=1S/C17H13NO4/c1-21-14-7-5-11(6-8-14)15-10-18-16(22-15)12-3-2-4-13(9-12)17(19)20/h2-10H,1H3,(H,19,20). The molecule has 3 aromatic rings. The zero-order valence-corrected chi connectivity index (χ0v) is 11.8. The number of oxazole rings is 1. The predicted octanol–water partition coefficient (Wildman–Crippen LogP) is 3.72. The Morgan fingerprint density at radius 1 is 1.14 bits per heavy atom. The minimum Gasteiger partial charge on any atom is -0.497 e. The molecule has 110 valence electrons. The van der Waals surface area contributed by atoms with Crippen molar-refractivity contribution >= 4 is 5.97 Å². The molecule has 0 amide bonds. The average molecular weight is 295 g/mol. The summed E-state index contributed by atoms with van der Waals surface area (Å²) in [5.41, 5.74) is 1.69. The quantitative estimate of drug-likeness (QED) is 0.794. The summed E-state index contributed by atoms with van der Waals surface area (Å²) < 4.78 is 10.8. The molecule has 0 aliphatic rings. The van der Waals surface area contributed by atoms with Gasteiger partial charge in [0.1, 0.15) is 5.75 Å². The lowest BCUT2D eigenvalue weighted by atomic mass is 10.1. The Bertz CT molecular complexity index is 806. The van der Waals surface area contributed by atoms with Crippen molar-refractivity contribution < 1.29 is 19.1 Å². The summed E-state index contributed by atoms with van der Waals surface area (Å²) in [7, 11) is 1.61. The molecule has 2 aromatic carbocycles. The van der Waals surface area contributed by atoms with Gasteiger partial charge in [0.25, 0.3) is 0 Å². The van der Waals surface area contributed by atoms with Crippen molar-refractivity contribution in [3.05, 3.63) is 60.3 Å². The van der Waals surface area contributed by atoms with E-state index in [1.165, 1.54) is 12.1 Å². The fraction of sp³-hybridized carbons (Fsp3) is 0.0588. The number of nitrogens with zero attached hydrogens (tertiary/aromatic N) is 1. The van der Waals surface area contributed by atoms with Crippen molar-refractivity contribution in [2.75, 3.05) is 7.11 Å². The molecule has 1 N–H and O–H groups in total. The van der Waals surface area contributed by atoms with Crippen molar-refractivity contribution in [1.82, 2.24) is 4.98 Å². The van der Waals surface area contributed by atoms with E-state index in [0.717, 1.165) is 11.3 Å². The molecule has 0 bridgehead atoms. The van der Waals surface area contributed by atoms with Crippen LogP contribution < -0.4 is 4.74 Å². The largest absolute Gasteiger partial charge is 0.497 e. The van der Waals surface area contributed by atoms with Crippen LogP contribution >= 0.6 is 0 Å². The van der Waals surface area contributed by atoms with E-state index in [-0.39, 0.29) is 5.56 Å². The Morgan fingerprint density at radius 3 is 2.59 bits per heavy atom. The zero-order valence-electron chi connectivity index (χ0n) is 11.8. The molecule has 0 aliphatic carbocycles. The van der Waals surface area contributed by atoms with E-state index < -0.39 is 5.97 Å². The number of hydrogen-bond donors (Lipinski definition) is 1. The molecule has 0 unspecified atom stereocenters. The SMILES string of the molecule is COc1ccc(-c2cnc(-c3cccc(C(=O)O)c3)o2)cc1. The second-order valence-electron chi connectivity index (χ2n) is 4.64. The van der Waals surface area contributed by atoms with Crippen LogP contribution in [0.5, 0.6) is 5.75 Å². The van der Waals surface area contributed by atoms with Crippen molar-refractivity contribution in [3.8, 4) is 28.5 Å². The lowest BCUT2D eigenvalue weighted by Crippen LogP contribution is -1.95. The van der Waals surface area contributed by atoms with Crippen molar-refractivity contribution in [3.63, 3.8) is 0 Å². The first-order chi connectivity index (χ1) is 10.7. The number of methoxy groups -OCH3 is 1. The number of benzene rings is 2. The van der Waals surface area contributed by atoms with Crippen molar-refractivity contribution in [2.45, 2.75) is 0 Å². The second kappa shape index (κ2) is 5.73. The molecule has 0 saturated carbocycles. The fourth-order valence-electron chi connectivity index (χ4n) is 2.08. The van der Waals surface area contributed by atoms with Crippen LogP contribution in [0.25, 0.3) is 22.8 Å². The third kappa shape index (κ3) is 2.69. The van der Waals surface area contributed by atoms with Crippen molar-refractivity contribution in [2.24, 2.45) is 0 Å². The van der Waals surface area contributed by atoms with Crippen LogP contribution in [0, 0.1) is 0 Å². The number of rotatable bonds is 4. The highest BCUT2D eigenvalue weighted by molar-refractivity contribution is 5.89. The van der Waals surface area contributed by atoms with E-state index in [4.69, 9.17) is 14.3 Å². The first kappa shape index (κ1) is 13.9. The summed E-state index contributed by atoms with van der Waals surface area (Å²) in [4.78, 5) is 15.2. The highest BCUT2D eigenvalue weighted by atomic mass is 16.5. The summed E-state index contributed by atoms with van der Waals surface area (Å²) in [6.45, 7) is 0. The van der Waals surface area contributed by atoms with Crippen LogP contribution in [0.1, 0.15) is 10.4 Å². The lowest BCUT2D eigenvalue weighted by molar-refractivity contribution is 0.0697. The number of ether oxygens (including phenoxy) is 1. The molecule has 0 radical (unpaired) electrons. The molecule has 1 heterocycles. The van der Waals surface area contributed by atoms with Gasteiger partial charge in [-0.3, -0.25) is 0 Å². The Hall–Kier alpha value is -3.08. The highest BCUT2D eigenvalue weighted by Crippen LogP contribution is 2.27. The second-order valence-corrected chi connectivity index (χ2v) is 4.64. The topological polar surface area (TPSA) is 72.6 Å². The van der Waals surface area contributed by atoms with Crippen LogP contribution in [0.2, 0.25) is 0 Å². The third-order valence-corrected chi connectivity index (χ3v) is 3.24. The van der Waals surface area contributed by atoms with Gasteiger partial charge in [0, 0.05) is 11.1 Å². The van der Waals surface area contributed by atoms with Crippen molar-refractivity contribution in [1.29, 1.82) is 0 Å². The van der Waals surface area contributed by atoms with Gasteiger partial charge in [0.15, 0.2) is 5.76 Å². The van der Waals surface area contributed by atoms with Crippen LogP contribution in [-0.4, -0.2) is 23.2 Å². The summed E-state index contributed by atoms with van der Waals surface area (Å²) in [5, 5.41) is 9.03. The van der Waals surface area contributed by atoms with Gasteiger partial charge in [-0.05, 0) is 42.5 Å².